The highest BCUT2D eigenvalue weighted by Crippen LogP contribution is 2.26. The minimum absolute atomic E-state index is 0.0563. The summed E-state index contributed by atoms with van der Waals surface area (Å²) in [5.74, 6) is 0.0563. The van der Waals surface area contributed by atoms with E-state index >= 15 is 0 Å². The average Bonchev–Trinajstić information content (AvgIpc) is 3.22. The zero-order valence-corrected chi connectivity index (χ0v) is 18.5. The summed E-state index contributed by atoms with van der Waals surface area (Å²) in [6, 6.07) is 6.93. The molecule has 0 aliphatic carbocycles. The van der Waals surface area contributed by atoms with Crippen LogP contribution in [0.1, 0.15) is 48.8 Å². The smallest absolute Gasteiger partial charge is 0.265 e. The number of hydrogen-bond acceptors (Lipinski definition) is 5. The van der Waals surface area contributed by atoms with Gasteiger partial charge in [0.1, 0.15) is 4.88 Å². The topological polar surface area (TPSA) is 58.9 Å². The molecule has 1 fully saturated rings. The maximum absolute atomic E-state index is 12.8. The Hall–Kier alpha value is -1.96. The van der Waals surface area contributed by atoms with Crippen LogP contribution in [0.5, 0.6) is 0 Å². The molecule has 29 heavy (non-hydrogen) atoms. The highest BCUT2D eigenvalue weighted by Gasteiger charge is 2.22. The normalized spacial score (nSPS) is 16.0. The number of carbonyl (C=O) groups excluding carboxylic acids is 1. The maximum Gasteiger partial charge on any atom is 0.265 e. The number of benzene rings is 1. The van der Waals surface area contributed by atoms with Gasteiger partial charge in [0.15, 0.2) is 4.96 Å². The van der Waals surface area contributed by atoms with E-state index in [0.717, 1.165) is 60.0 Å². The number of carbonyl (C=O) groups is 1. The zero-order chi connectivity index (χ0) is 20.6. The van der Waals surface area contributed by atoms with Crippen LogP contribution < -0.4 is 5.32 Å². The van der Waals surface area contributed by atoms with Crippen LogP contribution in [0.25, 0.3) is 16.0 Å². The Morgan fingerprint density at radius 2 is 2.10 bits per heavy atom. The first-order valence-electron chi connectivity index (χ1n) is 10.3. The van der Waals surface area contributed by atoms with Gasteiger partial charge in [-0.25, -0.2) is 4.98 Å². The summed E-state index contributed by atoms with van der Waals surface area (Å²) >= 11 is 1.46. The number of ether oxygens (including phenoxy) is 1. The van der Waals surface area contributed by atoms with Crippen LogP contribution in [-0.4, -0.2) is 53.0 Å². The second-order valence-electron chi connectivity index (χ2n) is 9.17. The first-order chi connectivity index (χ1) is 13.8. The Morgan fingerprint density at radius 1 is 1.34 bits per heavy atom. The molecule has 0 unspecified atom stereocenters. The predicted octanol–water partition coefficient (Wildman–Crippen LogP) is 3.94. The molecule has 0 radical (unpaired) electrons. The summed E-state index contributed by atoms with van der Waals surface area (Å²) in [5.41, 5.74) is 3.33. The molecule has 4 rings (SSSR count). The van der Waals surface area contributed by atoms with Crippen LogP contribution in [0, 0.1) is 5.41 Å². The third-order valence-electron chi connectivity index (χ3n) is 5.25. The Balaban J connectivity index is 1.50. The number of nitrogens with zero attached hydrogens (tertiary/aromatic N) is 3. The van der Waals surface area contributed by atoms with Gasteiger partial charge in [0.05, 0.1) is 11.0 Å². The van der Waals surface area contributed by atoms with E-state index < -0.39 is 0 Å². The highest BCUT2D eigenvalue weighted by molar-refractivity contribution is 7.18. The molecule has 1 N–H and O–H groups in total. The highest BCUT2D eigenvalue weighted by atomic mass is 32.1. The summed E-state index contributed by atoms with van der Waals surface area (Å²) < 4.78 is 7.46. The van der Waals surface area contributed by atoms with Gasteiger partial charge in [0.2, 0.25) is 0 Å². The average molecular weight is 415 g/mol. The fraction of sp³-hybridized carbons (Fsp3) is 0.545. The Morgan fingerprint density at radius 3 is 2.83 bits per heavy atom. The number of fused-ring (bicyclic) bond motifs is 3. The van der Waals surface area contributed by atoms with Crippen molar-refractivity contribution < 1.29 is 9.53 Å². The van der Waals surface area contributed by atoms with Gasteiger partial charge in [0.25, 0.3) is 5.91 Å². The molecule has 0 bridgehead atoms. The molecule has 0 spiro atoms. The van der Waals surface area contributed by atoms with Crippen LogP contribution in [0.15, 0.2) is 24.4 Å². The predicted molar refractivity (Wildman–Crippen MR) is 118 cm³/mol. The van der Waals surface area contributed by atoms with Crippen molar-refractivity contribution >= 4 is 33.2 Å². The van der Waals surface area contributed by atoms with Gasteiger partial charge in [-0.15, -0.1) is 0 Å². The van der Waals surface area contributed by atoms with Crippen molar-refractivity contribution in [3.8, 4) is 0 Å². The third kappa shape index (κ3) is 4.63. The van der Waals surface area contributed by atoms with Gasteiger partial charge in [-0.3, -0.25) is 9.20 Å². The molecule has 1 aliphatic heterocycles. The number of aromatic nitrogens is 2. The largest absolute Gasteiger partial charge is 0.381 e. The van der Waals surface area contributed by atoms with Crippen molar-refractivity contribution in [1.29, 1.82) is 0 Å². The van der Waals surface area contributed by atoms with Crippen LogP contribution in [0.2, 0.25) is 0 Å². The number of amides is 1. The molecule has 7 heteroatoms. The lowest BCUT2D eigenvalue weighted by molar-refractivity contribution is 0.0750. The van der Waals surface area contributed by atoms with E-state index in [2.05, 4.69) is 44.3 Å². The number of imidazole rings is 1. The molecule has 1 aliphatic rings. The molecule has 0 atom stereocenters. The maximum atomic E-state index is 12.8. The molecule has 0 saturated carbocycles. The molecular formula is C22H30N4O2S. The number of thiazole rings is 1. The van der Waals surface area contributed by atoms with Crippen molar-refractivity contribution in [2.24, 2.45) is 5.41 Å². The van der Waals surface area contributed by atoms with E-state index in [9.17, 15) is 4.79 Å². The minimum Gasteiger partial charge on any atom is -0.381 e. The van der Waals surface area contributed by atoms with Gasteiger partial charge in [0, 0.05) is 45.6 Å². The van der Waals surface area contributed by atoms with Crippen molar-refractivity contribution in [3.05, 3.63) is 34.8 Å². The van der Waals surface area contributed by atoms with Gasteiger partial charge in [-0.1, -0.05) is 38.2 Å². The van der Waals surface area contributed by atoms with Crippen molar-refractivity contribution in [1.82, 2.24) is 19.6 Å². The number of nitrogens with one attached hydrogen (secondary N) is 1. The molecular weight excluding hydrogens is 384 g/mol. The van der Waals surface area contributed by atoms with E-state index in [4.69, 9.17) is 9.72 Å². The Labute approximate surface area is 175 Å². The summed E-state index contributed by atoms with van der Waals surface area (Å²) in [6.07, 6.45) is 4.07. The van der Waals surface area contributed by atoms with Crippen molar-refractivity contribution in [3.63, 3.8) is 0 Å². The summed E-state index contributed by atoms with van der Waals surface area (Å²) in [5, 5.41) is 3.62. The summed E-state index contributed by atoms with van der Waals surface area (Å²) in [4.78, 5) is 21.0. The van der Waals surface area contributed by atoms with E-state index in [1.165, 1.54) is 16.9 Å². The second-order valence-corrected chi connectivity index (χ2v) is 10.2. The van der Waals surface area contributed by atoms with Gasteiger partial charge in [-0.2, -0.15) is 0 Å². The number of hydrogen-bond donors (Lipinski definition) is 1. The molecule has 3 heterocycles. The summed E-state index contributed by atoms with van der Waals surface area (Å²) in [7, 11) is 1.87. The lowest BCUT2D eigenvalue weighted by atomic mass is 9.96. The number of rotatable bonds is 5. The van der Waals surface area contributed by atoms with E-state index in [0.29, 0.717) is 6.04 Å². The van der Waals surface area contributed by atoms with Gasteiger partial charge in [-0.05, 0) is 36.0 Å². The van der Waals surface area contributed by atoms with Gasteiger partial charge >= 0.3 is 0 Å². The Kier molecular flexibility index (Phi) is 5.64. The fourth-order valence-electron chi connectivity index (χ4n) is 3.91. The molecule has 1 aromatic carbocycles. The first-order valence-corrected chi connectivity index (χ1v) is 11.1. The second kappa shape index (κ2) is 8.05. The van der Waals surface area contributed by atoms with Crippen LogP contribution in [0.4, 0.5) is 0 Å². The third-order valence-corrected chi connectivity index (χ3v) is 6.22. The van der Waals surface area contributed by atoms with E-state index in [1.54, 1.807) is 4.90 Å². The molecule has 156 valence electrons. The van der Waals surface area contributed by atoms with Gasteiger partial charge < -0.3 is 15.0 Å². The van der Waals surface area contributed by atoms with Crippen LogP contribution in [0.3, 0.4) is 0 Å². The lowest BCUT2D eigenvalue weighted by Crippen LogP contribution is -2.34. The quantitative estimate of drug-likeness (QED) is 0.687. The molecule has 1 amide bonds. The van der Waals surface area contributed by atoms with E-state index in [1.807, 2.05) is 17.6 Å². The zero-order valence-electron chi connectivity index (χ0n) is 17.7. The standard InChI is InChI=1S/C22H30N4O2S/c1-22(2,3)14-25(4)20(27)19-13-26-18-6-5-15(11-17(18)24-21(26)29-19)12-23-16-7-9-28-10-8-16/h5-6,11,13,16,23H,7-10,12,14H2,1-4H3. The van der Waals surface area contributed by atoms with E-state index in [-0.39, 0.29) is 11.3 Å². The monoisotopic (exact) mass is 414 g/mol. The molecule has 1 saturated heterocycles. The minimum atomic E-state index is 0.0563. The van der Waals surface area contributed by atoms with Crippen molar-refractivity contribution in [2.45, 2.75) is 46.2 Å². The SMILES string of the molecule is CN(CC(C)(C)C)C(=O)c1cn2c(nc3cc(CNC4CCOCC4)ccc32)s1. The lowest BCUT2D eigenvalue weighted by Gasteiger charge is -2.26. The summed E-state index contributed by atoms with van der Waals surface area (Å²) in [6.45, 7) is 9.67. The Bertz CT molecular complexity index is 1010. The van der Waals surface area contributed by atoms with Crippen molar-refractivity contribution in [2.75, 3.05) is 26.8 Å². The molecule has 2 aromatic heterocycles. The molecule has 6 nitrogen and oxygen atoms in total. The van der Waals surface area contributed by atoms with Crippen LogP contribution >= 0.6 is 11.3 Å². The molecule has 3 aromatic rings. The fourth-order valence-corrected chi connectivity index (χ4v) is 4.90. The first kappa shape index (κ1) is 20.3. The van der Waals surface area contributed by atoms with Crippen LogP contribution in [-0.2, 0) is 11.3 Å².